The van der Waals surface area contributed by atoms with Crippen molar-refractivity contribution < 1.29 is 14.3 Å². The van der Waals surface area contributed by atoms with E-state index >= 15 is 0 Å². The zero-order valence-corrected chi connectivity index (χ0v) is 10.8. The Morgan fingerprint density at radius 3 is 2.83 bits per heavy atom. The van der Waals surface area contributed by atoms with Crippen molar-refractivity contribution in [1.82, 2.24) is 15.1 Å². The van der Waals surface area contributed by atoms with E-state index in [9.17, 15) is 9.59 Å². The highest BCUT2D eigenvalue weighted by Crippen LogP contribution is 2.04. The number of ether oxygens (including phenoxy) is 1. The molecule has 0 atom stereocenters. The lowest BCUT2D eigenvalue weighted by atomic mass is 10.2. The third kappa shape index (κ3) is 3.44. The van der Waals surface area contributed by atoms with Crippen molar-refractivity contribution in [3.63, 3.8) is 0 Å². The van der Waals surface area contributed by atoms with Crippen molar-refractivity contribution >= 4 is 11.9 Å². The molecule has 0 saturated carbocycles. The van der Waals surface area contributed by atoms with Crippen LogP contribution in [0.4, 0.5) is 0 Å². The molecule has 18 heavy (non-hydrogen) atoms. The highest BCUT2D eigenvalue weighted by Gasteiger charge is 2.08. The van der Waals surface area contributed by atoms with Crippen molar-refractivity contribution in [2.75, 3.05) is 14.2 Å². The highest BCUT2D eigenvalue weighted by atomic mass is 16.5. The van der Waals surface area contributed by atoms with E-state index in [0.29, 0.717) is 24.2 Å². The Bertz CT molecular complexity index is 463. The number of amides is 1. The van der Waals surface area contributed by atoms with Gasteiger partial charge in [0.1, 0.15) is 5.69 Å². The molecule has 0 aromatic carbocycles. The minimum Gasteiger partial charge on any atom is -0.466 e. The molecule has 1 N–H and O–H groups in total. The highest BCUT2D eigenvalue weighted by molar-refractivity contribution is 5.91. The van der Waals surface area contributed by atoms with Gasteiger partial charge in [0, 0.05) is 18.8 Å². The van der Waals surface area contributed by atoms with Gasteiger partial charge in [-0.1, -0.05) is 13.0 Å². The van der Waals surface area contributed by atoms with Gasteiger partial charge in [-0.2, -0.15) is 5.10 Å². The van der Waals surface area contributed by atoms with Crippen LogP contribution in [0.15, 0.2) is 23.9 Å². The van der Waals surface area contributed by atoms with Crippen LogP contribution in [0, 0.1) is 0 Å². The smallest absolute Gasteiger partial charge is 0.333 e. The number of allylic oxidation sites excluding steroid dienone is 1. The van der Waals surface area contributed by atoms with Crippen LogP contribution in [0.3, 0.4) is 0 Å². The lowest BCUT2D eigenvalue weighted by Gasteiger charge is -2.02. The Hall–Kier alpha value is -2.11. The minimum absolute atomic E-state index is 0.235. The number of hydrogen-bond donors (Lipinski definition) is 1. The van der Waals surface area contributed by atoms with Gasteiger partial charge in [0.25, 0.3) is 5.91 Å². The lowest BCUT2D eigenvalue weighted by molar-refractivity contribution is -0.136. The lowest BCUT2D eigenvalue weighted by Crippen LogP contribution is -2.18. The summed E-state index contributed by atoms with van der Waals surface area (Å²) in [4.78, 5) is 22.6. The van der Waals surface area contributed by atoms with Gasteiger partial charge in [0.2, 0.25) is 0 Å². The number of rotatable bonds is 5. The second-order valence-corrected chi connectivity index (χ2v) is 3.58. The normalized spacial score (nSPS) is 11.2. The van der Waals surface area contributed by atoms with E-state index in [-0.39, 0.29) is 11.9 Å². The SMILES string of the molecule is CCC(=CCn1ccc(C(=O)NC)n1)C(=O)OC. The zero-order chi connectivity index (χ0) is 13.5. The van der Waals surface area contributed by atoms with Gasteiger partial charge in [-0.15, -0.1) is 0 Å². The summed E-state index contributed by atoms with van der Waals surface area (Å²) in [6, 6.07) is 1.62. The molecule has 6 nitrogen and oxygen atoms in total. The van der Waals surface area contributed by atoms with E-state index in [1.165, 1.54) is 7.11 Å². The summed E-state index contributed by atoms with van der Waals surface area (Å²) in [5, 5.41) is 6.57. The summed E-state index contributed by atoms with van der Waals surface area (Å²) in [5.41, 5.74) is 0.941. The molecule has 1 heterocycles. The number of methoxy groups -OCH3 is 1. The number of hydrogen-bond acceptors (Lipinski definition) is 4. The van der Waals surface area contributed by atoms with E-state index in [2.05, 4.69) is 15.2 Å². The second kappa shape index (κ2) is 6.58. The van der Waals surface area contributed by atoms with Gasteiger partial charge >= 0.3 is 5.97 Å². The number of esters is 1. The average molecular weight is 251 g/mol. The van der Waals surface area contributed by atoms with Gasteiger partial charge in [-0.25, -0.2) is 4.79 Å². The molecule has 0 fully saturated rings. The fourth-order valence-electron chi connectivity index (χ4n) is 1.42. The van der Waals surface area contributed by atoms with Crippen LogP contribution >= 0.6 is 0 Å². The quantitative estimate of drug-likeness (QED) is 0.619. The summed E-state index contributed by atoms with van der Waals surface area (Å²) in [5.74, 6) is -0.572. The van der Waals surface area contributed by atoms with Crippen molar-refractivity contribution in [1.29, 1.82) is 0 Å². The molecule has 1 rings (SSSR count). The molecule has 0 aliphatic heterocycles. The van der Waals surface area contributed by atoms with Crippen LogP contribution < -0.4 is 5.32 Å². The maximum Gasteiger partial charge on any atom is 0.333 e. The average Bonchev–Trinajstić information content (AvgIpc) is 2.86. The fraction of sp³-hybridized carbons (Fsp3) is 0.417. The van der Waals surface area contributed by atoms with Gasteiger partial charge in [0.15, 0.2) is 0 Å². The minimum atomic E-state index is -0.337. The summed E-state index contributed by atoms with van der Waals surface area (Å²) >= 11 is 0. The molecular formula is C12H17N3O3. The number of nitrogens with one attached hydrogen (secondary N) is 1. The molecule has 6 heteroatoms. The first-order valence-corrected chi connectivity index (χ1v) is 5.65. The van der Waals surface area contributed by atoms with Crippen LogP contribution in [0.25, 0.3) is 0 Å². The Balaban J connectivity index is 2.73. The molecule has 0 bridgehead atoms. The Labute approximate surface area is 106 Å². The largest absolute Gasteiger partial charge is 0.466 e. The monoisotopic (exact) mass is 251 g/mol. The molecule has 0 spiro atoms. The Morgan fingerprint density at radius 1 is 1.56 bits per heavy atom. The van der Waals surface area contributed by atoms with Gasteiger partial charge < -0.3 is 10.1 Å². The molecule has 0 aliphatic rings. The fourth-order valence-corrected chi connectivity index (χ4v) is 1.42. The van der Waals surface area contributed by atoms with Crippen LogP contribution in [0.1, 0.15) is 23.8 Å². The number of carbonyl (C=O) groups excluding carboxylic acids is 2. The second-order valence-electron chi connectivity index (χ2n) is 3.58. The molecular weight excluding hydrogens is 234 g/mol. The molecule has 0 aliphatic carbocycles. The van der Waals surface area contributed by atoms with Crippen molar-refractivity contribution in [3.8, 4) is 0 Å². The summed E-state index contributed by atoms with van der Waals surface area (Å²) in [7, 11) is 2.90. The molecule has 0 saturated heterocycles. The third-order valence-corrected chi connectivity index (χ3v) is 2.45. The molecule has 1 amide bonds. The predicted molar refractivity (Wildman–Crippen MR) is 66.0 cm³/mol. The van der Waals surface area contributed by atoms with E-state index in [1.807, 2.05) is 6.92 Å². The van der Waals surface area contributed by atoms with E-state index in [4.69, 9.17) is 0 Å². The van der Waals surface area contributed by atoms with Crippen molar-refractivity contribution in [3.05, 3.63) is 29.6 Å². The van der Waals surface area contributed by atoms with E-state index in [1.54, 1.807) is 30.1 Å². The van der Waals surface area contributed by atoms with Crippen LogP contribution in [0.5, 0.6) is 0 Å². The molecule has 1 aromatic rings. The first-order valence-electron chi connectivity index (χ1n) is 5.65. The first-order chi connectivity index (χ1) is 8.62. The van der Waals surface area contributed by atoms with Crippen LogP contribution in [-0.2, 0) is 16.1 Å². The van der Waals surface area contributed by atoms with Crippen LogP contribution in [0.2, 0.25) is 0 Å². The zero-order valence-electron chi connectivity index (χ0n) is 10.8. The molecule has 98 valence electrons. The van der Waals surface area contributed by atoms with E-state index < -0.39 is 0 Å². The third-order valence-electron chi connectivity index (χ3n) is 2.45. The summed E-state index contributed by atoms with van der Waals surface area (Å²) < 4.78 is 6.24. The Morgan fingerprint density at radius 2 is 2.28 bits per heavy atom. The predicted octanol–water partition coefficient (Wildman–Crippen LogP) is 0.752. The molecule has 1 aromatic heterocycles. The first kappa shape index (κ1) is 14.0. The van der Waals surface area contributed by atoms with Gasteiger partial charge in [0.05, 0.1) is 13.7 Å². The maximum atomic E-state index is 11.3. The molecule has 0 unspecified atom stereocenters. The number of aromatic nitrogens is 2. The van der Waals surface area contributed by atoms with Gasteiger partial charge in [-0.05, 0) is 12.5 Å². The summed E-state index contributed by atoms with van der Waals surface area (Å²) in [6.07, 6.45) is 4.02. The standard InChI is InChI=1S/C12H17N3O3/c1-4-9(12(17)18-3)5-7-15-8-6-10(14-15)11(16)13-2/h5-6,8H,4,7H2,1-3H3,(H,13,16). The maximum absolute atomic E-state index is 11.3. The van der Waals surface area contributed by atoms with Crippen LogP contribution in [-0.4, -0.2) is 35.8 Å². The number of carbonyl (C=O) groups is 2. The topological polar surface area (TPSA) is 73.2 Å². The van der Waals surface area contributed by atoms with Gasteiger partial charge in [-0.3, -0.25) is 9.48 Å². The number of nitrogens with zero attached hydrogens (tertiary/aromatic N) is 2. The Kier molecular flexibility index (Phi) is 5.10. The summed E-state index contributed by atoms with van der Waals surface area (Å²) in [6.45, 7) is 2.30. The van der Waals surface area contributed by atoms with Crippen molar-refractivity contribution in [2.24, 2.45) is 0 Å². The van der Waals surface area contributed by atoms with E-state index in [0.717, 1.165) is 0 Å². The van der Waals surface area contributed by atoms with Crippen molar-refractivity contribution in [2.45, 2.75) is 19.9 Å². The molecule has 0 radical (unpaired) electrons.